The minimum absolute atomic E-state index is 0.0773. The van der Waals surface area contributed by atoms with Gasteiger partial charge in [0.2, 0.25) is 0 Å². The van der Waals surface area contributed by atoms with Crippen LogP contribution in [-0.4, -0.2) is 13.7 Å². The van der Waals surface area contributed by atoms with E-state index in [0.29, 0.717) is 29.3 Å². The molecule has 0 amide bonds. The highest BCUT2D eigenvalue weighted by Gasteiger charge is 2.15. The minimum Gasteiger partial charge on any atom is -0.496 e. The van der Waals surface area contributed by atoms with Gasteiger partial charge in [0.05, 0.1) is 24.5 Å². The summed E-state index contributed by atoms with van der Waals surface area (Å²) in [4.78, 5) is 12.7. The molecule has 0 radical (unpaired) electrons. The van der Waals surface area contributed by atoms with E-state index in [1.807, 2.05) is 44.2 Å². The molecule has 3 rings (SSSR count). The zero-order valence-corrected chi connectivity index (χ0v) is 14.3. The van der Waals surface area contributed by atoms with Crippen molar-refractivity contribution in [2.24, 2.45) is 0 Å². The van der Waals surface area contributed by atoms with Crippen LogP contribution in [0, 0.1) is 13.8 Å². The first kappa shape index (κ1) is 16.1. The average molecular weight is 324 g/mol. The maximum Gasteiger partial charge on any atom is 0.190 e. The first-order valence-electron chi connectivity index (χ1n) is 7.90. The van der Waals surface area contributed by atoms with Gasteiger partial charge in [-0.3, -0.25) is 4.79 Å². The summed E-state index contributed by atoms with van der Waals surface area (Å²) in [7, 11) is 1.60. The van der Waals surface area contributed by atoms with Crippen molar-refractivity contribution in [3.05, 3.63) is 58.1 Å². The molecule has 0 atom stereocenters. The fraction of sp³-hybridized carbons (Fsp3) is 0.250. The van der Waals surface area contributed by atoms with Crippen LogP contribution in [0.15, 0.2) is 45.6 Å². The predicted molar refractivity (Wildman–Crippen MR) is 95.1 cm³/mol. The third-order valence-electron chi connectivity index (χ3n) is 4.04. The van der Waals surface area contributed by atoms with E-state index in [4.69, 9.17) is 13.9 Å². The SMILES string of the molecule is CCOc1ccc(-c2cc(OC)c3c(C)oc(C)c3c(=O)c2)cc1. The van der Waals surface area contributed by atoms with Crippen molar-refractivity contribution in [1.82, 2.24) is 0 Å². The van der Waals surface area contributed by atoms with Crippen LogP contribution >= 0.6 is 0 Å². The molecular formula is C20H20O4. The maximum absolute atomic E-state index is 12.7. The van der Waals surface area contributed by atoms with Crippen molar-refractivity contribution < 1.29 is 13.9 Å². The zero-order chi connectivity index (χ0) is 17.3. The van der Waals surface area contributed by atoms with E-state index in [0.717, 1.165) is 22.3 Å². The van der Waals surface area contributed by atoms with Gasteiger partial charge in [0.1, 0.15) is 23.0 Å². The highest BCUT2D eigenvalue weighted by molar-refractivity contribution is 5.92. The van der Waals surface area contributed by atoms with E-state index in [1.165, 1.54) is 0 Å². The van der Waals surface area contributed by atoms with Crippen molar-refractivity contribution in [2.45, 2.75) is 20.8 Å². The summed E-state index contributed by atoms with van der Waals surface area (Å²) in [5.41, 5.74) is 1.65. The molecule has 24 heavy (non-hydrogen) atoms. The first-order chi connectivity index (χ1) is 11.5. The average Bonchev–Trinajstić information content (AvgIpc) is 2.77. The summed E-state index contributed by atoms with van der Waals surface area (Å²) in [5.74, 6) is 2.73. The normalized spacial score (nSPS) is 10.8. The first-order valence-corrected chi connectivity index (χ1v) is 7.90. The second kappa shape index (κ2) is 6.40. The number of methoxy groups -OCH3 is 1. The van der Waals surface area contributed by atoms with Gasteiger partial charge in [-0.15, -0.1) is 0 Å². The van der Waals surface area contributed by atoms with Crippen molar-refractivity contribution >= 4 is 10.8 Å². The van der Waals surface area contributed by atoms with Gasteiger partial charge in [0, 0.05) is 0 Å². The minimum atomic E-state index is -0.0773. The van der Waals surface area contributed by atoms with Crippen LogP contribution in [0.2, 0.25) is 0 Å². The lowest BCUT2D eigenvalue weighted by molar-refractivity contribution is 0.340. The van der Waals surface area contributed by atoms with Gasteiger partial charge >= 0.3 is 0 Å². The van der Waals surface area contributed by atoms with Gasteiger partial charge in [0.25, 0.3) is 0 Å². The van der Waals surface area contributed by atoms with Gasteiger partial charge in [0.15, 0.2) is 5.43 Å². The van der Waals surface area contributed by atoms with Crippen LogP contribution < -0.4 is 14.9 Å². The Bertz CT molecular complexity index is 936. The molecule has 0 aliphatic heterocycles. The second-order valence-electron chi connectivity index (χ2n) is 5.60. The highest BCUT2D eigenvalue weighted by Crippen LogP contribution is 2.33. The lowest BCUT2D eigenvalue weighted by Crippen LogP contribution is -1.96. The van der Waals surface area contributed by atoms with Crippen LogP contribution in [0.25, 0.3) is 21.9 Å². The summed E-state index contributed by atoms with van der Waals surface area (Å²) in [6, 6.07) is 11.2. The predicted octanol–water partition coefficient (Wildman–Crippen LogP) is 4.48. The van der Waals surface area contributed by atoms with Crippen LogP contribution in [0.3, 0.4) is 0 Å². The number of benzene rings is 1. The Labute approximate surface area is 140 Å². The molecule has 0 saturated carbocycles. The molecule has 4 heteroatoms. The zero-order valence-electron chi connectivity index (χ0n) is 14.3. The van der Waals surface area contributed by atoms with Crippen LogP contribution in [0.1, 0.15) is 18.4 Å². The largest absolute Gasteiger partial charge is 0.496 e. The number of furan rings is 1. The Morgan fingerprint density at radius 3 is 2.25 bits per heavy atom. The third-order valence-corrected chi connectivity index (χ3v) is 4.04. The lowest BCUT2D eigenvalue weighted by Gasteiger charge is -2.05. The molecule has 1 aromatic heterocycles. The molecule has 1 heterocycles. The summed E-state index contributed by atoms with van der Waals surface area (Å²) in [6.45, 7) is 6.21. The quantitative estimate of drug-likeness (QED) is 0.710. The molecule has 3 aromatic rings. The molecule has 4 nitrogen and oxygen atoms in total. The van der Waals surface area contributed by atoms with E-state index in [9.17, 15) is 4.79 Å². The summed E-state index contributed by atoms with van der Waals surface area (Å²) >= 11 is 0. The molecule has 0 fully saturated rings. The number of hydrogen-bond donors (Lipinski definition) is 0. The molecule has 0 aliphatic carbocycles. The summed E-state index contributed by atoms with van der Waals surface area (Å²) in [6.07, 6.45) is 0. The Balaban J connectivity index is 2.25. The van der Waals surface area contributed by atoms with E-state index >= 15 is 0 Å². The Morgan fingerprint density at radius 1 is 0.958 bits per heavy atom. The molecule has 2 aromatic carbocycles. The smallest absolute Gasteiger partial charge is 0.190 e. The van der Waals surface area contributed by atoms with Crippen molar-refractivity contribution in [3.8, 4) is 22.6 Å². The molecule has 0 unspecified atom stereocenters. The molecular weight excluding hydrogens is 304 g/mol. The van der Waals surface area contributed by atoms with Crippen molar-refractivity contribution in [3.63, 3.8) is 0 Å². The van der Waals surface area contributed by atoms with E-state index in [-0.39, 0.29) is 5.43 Å². The fourth-order valence-corrected chi connectivity index (χ4v) is 2.98. The number of rotatable bonds is 4. The van der Waals surface area contributed by atoms with Gasteiger partial charge in [-0.2, -0.15) is 0 Å². The van der Waals surface area contributed by atoms with E-state index in [1.54, 1.807) is 20.1 Å². The molecule has 0 saturated heterocycles. The molecule has 0 spiro atoms. The van der Waals surface area contributed by atoms with Crippen molar-refractivity contribution in [2.75, 3.05) is 13.7 Å². The highest BCUT2D eigenvalue weighted by atomic mass is 16.5. The fourth-order valence-electron chi connectivity index (χ4n) is 2.98. The Kier molecular flexibility index (Phi) is 4.30. The Morgan fingerprint density at radius 2 is 1.62 bits per heavy atom. The van der Waals surface area contributed by atoms with Gasteiger partial charge in [-0.25, -0.2) is 0 Å². The van der Waals surface area contributed by atoms with Crippen molar-refractivity contribution in [1.29, 1.82) is 0 Å². The monoisotopic (exact) mass is 324 g/mol. The molecule has 0 bridgehead atoms. The van der Waals surface area contributed by atoms with Crippen LogP contribution in [-0.2, 0) is 0 Å². The van der Waals surface area contributed by atoms with Gasteiger partial charge in [-0.1, -0.05) is 12.1 Å². The Hall–Kier alpha value is -2.75. The van der Waals surface area contributed by atoms with Crippen LogP contribution in [0.4, 0.5) is 0 Å². The second-order valence-corrected chi connectivity index (χ2v) is 5.60. The summed E-state index contributed by atoms with van der Waals surface area (Å²) < 4.78 is 16.6. The molecule has 0 N–H and O–H groups in total. The standard InChI is InChI=1S/C20H20O4/c1-5-23-16-8-6-14(7-9-16)15-10-17(21)19-12(2)24-13(3)20(19)18(11-15)22-4/h6-11H,5H2,1-4H3. The number of ether oxygens (including phenoxy) is 2. The number of aryl methyl sites for hydroxylation is 2. The van der Waals surface area contributed by atoms with E-state index < -0.39 is 0 Å². The topological polar surface area (TPSA) is 48.7 Å². The van der Waals surface area contributed by atoms with Gasteiger partial charge in [-0.05, 0) is 56.2 Å². The number of fused-ring (bicyclic) bond motifs is 1. The lowest BCUT2D eigenvalue weighted by atomic mass is 10.1. The van der Waals surface area contributed by atoms with E-state index in [2.05, 4.69) is 0 Å². The third kappa shape index (κ3) is 2.75. The maximum atomic E-state index is 12.7. The summed E-state index contributed by atoms with van der Waals surface area (Å²) in [5, 5.41) is 1.30. The van der Waals surface area contributed by atoms with Gasteiger partial charge < -0.3 is 13.9 Å². The molecule has 124 valence electrons. The van der Waals surface area contributed by atoms with Crippen LogP contribution in [0.5, 0.6) is 11.5 Å². The number of hydrogen-bond acceptors (Lipinski definition) is 4. The molecule has 0 aliphatic rings.